The molecule has 1 N–H and O–H groups in total. The van der Waals surface area contributed by atoms with Crippen LogP contribution in [0, 0.1) is 0 Å². The first-order chi connectivity index (χ1) is 15.1. The van der Waals surface area contributed by atoms with Gasteiger partial charge in [-0.2, -0.15) is 27.1 Å². The van der Waals surface area contributed by atoms with E-state index in [0.29, 0.717) is 11.6 Å². The van der Waals surface area contributed by atoms with Crippen LogP contribution in [-0.2, 0) is 0 Å². The Bertz CT molecular complexity index is 1000. The quantitative estimate of drug-likeness (QED) is 0.407. The fourth-order valence-electron chi connectivity index (χ4n) is 3.61. The number of hydrazone groups is 1. The van der Waals surface area contributed by atoms with Gasteiger partial charge in [-0.1, -0.05) is 31.2 Å². The maximum atomic E-state index is 13.5. The average Bonchev–Trinajstić information content (AvgIpc) is 3.53. The summed E-state index contributed by atoms with van der Waals surface area (Å²) in [6.07, 6.45) is -4.22. The molecule has 0 bridgehead atoms. The van der Waals surface area contributed by atoms with Crippen LogP contribution in [0.3, 0.4) is 0 Å². The van der Waals surface area contributed by atoms with Crippen LogP contribution in [0.25, 0.3) is 11.1 Å². The highest BCUT2D eigenvalue weighted by atomic mass is 32.2. The molecule has 0 spiro atoms. The van der Waals surface area contributed by atoms with Crippen LogP contribution in [0.1, 0.15) is 43.4 Å². The van der Waals surface area contributed by atoms with Crippen LogP contribution in [0.4, 0.5) is 22.0 Å². The number of benzene rings is 1. The lowest BCUT2D eigenvalue weighted by atomic mass is 10.0. The first-order valence-corrected chi connectivity index (χ1v) is 11.3. The van der Waals surface area contributed by atoms with Crippen LogP contribution in [0.5, 0.6) is 0 Å². The second-order valence-electron chi connectivity index (χ2n) is 8.00. The van der Waals surface area contributed by atoms with Crippen molar-refractivity contribution in [3.63, 3.8) is 0 Å². The second-order valence-corrected chi connectivity index (χ2v) is 9.30. The highest BCUT2D eigenvalue weighted by Crippen LogP contribution is 2.41. The Labute approximate surface area is 187 Å². The molecule has 2 heterocycles. The number of hydrogen-bond donors (Lipinski definition) is 1. The lowest BCUT2D eigenvalue weighted by molar-refractivity contribution is -0.287. The molecule has 1 aromatic heterocycles. The summed E-state index contributed by atoms with van der Waals surface area (Å²) in [5.74, 6) is -3.19. The summed E-state index contributed by atoms with van der Waals surface area (Å²) in [6.45, 7) is 1.97. The number of alkyl halides is 5. The molecule has 10 heteroatoms. The maximum absolute atomic E-state index is 13.5. The zero-order valence-electron chi connectivity index (χ0n) is 17.6. The summed E-state index contributed by atoms with van der Waals surface area (Å²) >= 11 is 1.51. The van der Waals surface area contributed by atoms with E-state index in [1.54, 1.807) is 6.20 Å². The molecule has 1 atom stereocenters. The van der Waals surface area contributed by atoms with Crippen molar-refractivity contribution in [2.75, 3.05) is 12.8 Å². The van der Waals surface area contributed by atoms with Gasteiger partial charge in [-0.15, -0.1) is 11.8 Å². The molecule has 0 radical (unpaired) electrons. The van der Waals surface area contributed by atoms with Gasteiger partial charge in [0.1, 0.15) is 11.9 Å². The van der Waals surface area contributed by atoms with Crippen molar-refractivity contribution >= 4 is 17.6 Å². The number of thioether (sulfide) groups is 1. The molecular formula is C22H23F5N4S. The Balaban J connectivity index is 1.56. The number of aromatic nitrogens is 1. The molecule has 2 aromatic rings. The van der Waals surface area contributed by atoms with Crippen molar-refractivity contribution < 1.29 is 22.0 Å². The minimum absolute atomic E-state index is 0.236. The highest BCUT2D eigenvalue weighted by Gasteiger charge is 2.59. The maximum Gasteiger partial charge on any atom is 0.453 e. The van der Waals surface area contributed by atoms with Crippen LogP contribution >= 0.6 is 11.8 Å². The Hall–Kier alpha value is -2.36. The van der Waals surface area contributed by atoms with Gasteiger partial charge >= 0.3 is 12.1 Å². The third kappa shape index (κ3) is 4.55. The van der Waals surface area contributed by atoms with Gasteiger partial charge in [0.2, 0.25) is 0 Å². The number of hydrogen-bond acceptors (Lipinski definition) is 5. The summed E-state index contributed by atoms with van der Waals surface area (Å²) in [4.78, 5) is 6.58. The monoisotopic (exact) mass is 470 g/mol. The molecule has 4 nitrogen and oxygen atoms in total. The van der Waals surface area contributed by atoms with E-state index >= 15 is 0 Å². The summed E-state index contributed by atoms with van der Waals surface area (Å²) in [5.41, 5.74) is 6.10. The largest absolute Gasteiger partial charge is 0.453 e. The minimum atomic E-state index is -5.61. The van der Waals surface area contributed by atoms with Gasteiger partial charge in [0.05, 0.1) is 6.42 Å². The molecule has 4 rings (SSSR count). The molecule has 1 aromatic carbocycles. The fourth-order valence-corrected chi connectivity index (χ4v) is 4.41. The fraction of sp³-hybridized carbons (Fsp3) is 0.455. The standard InChI is InChI=1S/C22H23F5N4S/c1-3-32-17-10-16(15-8-6-14(7-9-15)13-4-5-13)12-28-19(17)20-30-29-18(31(20)2)11-21(23,24)22(25,26)27/h6-10,12-13,18,29H,3-5,11H2,1-2H3. The van der Waals surface area contributed by atoms with Gasteiger partial charge in [0.15, 0.2) is 5.84 Å². The highest BCUT2D eigenvalue weighted by molar-refractivity contribution is 7.99. The Morgan fingerprint density at radius 2 is 1.78 bits per heavy atom. The smallest absolute Gasteiger partial charge is 0.335 e. The minimum Gasteiger partial charge on any atom is -0.335 e. The summed E-state index contributed by atoms with van der Waals surface area (Å²) in [7, 11) is 1.43. The van der Waals surface area contributed by atoms with E-state index in [1.165, 1.54) is 42.1 Å². The zero-order valence-corrected chi connectivity index (χ0v) is 18.4. The molecule has 1 fully saturated rings. The van der Waals surface area contributed by atoms with Gasteiger partial charge in [-0.3, -0.25) is 10.4 Å². The van der Waals surface area contributed by atoms with Gasteiger partial charge in [-0.25, -0.2) is 0 Å². The zero-order chi connectivity index (χ0) is 23.1. The molecule has 0 amide bonds. The van der Waals surface area contributed by atoms with Gasteiger partial charge in [0.25, 0.3) is 0 Å². The topological polar surface area (TPSA) is 40.5 Å². The van der Waals surface area contributed by atoms with Crippen molar-refractivity contribution in [1.29, 1.82) is 0 Å². The number of amidine groups is 1. The number of pyridine rings is 1. The van der Waals surface area contributed by atoms with Crippen molar-refractivity contribution in [3.8, 4) is 11.1 Å². The predicted molar refractivity (Wildman–Crippen MR) is 115 cm³/mol. The third-order valence-corrected chi connectivity index (χ3v) is 6.55. The molecule has 172 valence electrons. The summed E-state index contributed by atoms with van der Waals surface area (Å²) < 4.78 is 65.0. The molecule has 1 saturated carbocycles. The van der Waals surface area contributed by atoms with E-state index in [4.69, 9.17) is 0 Å². The van der Waals surface area contributed by atoms with E-state index in [9.17, 15) is 22.0 Å². The van der Waals surface area contributed by atoms with Gasteiger partial charge in [0, 0.05) is 23.7 Å². The SMILES string of the molecule is CCSc1cc(-c2ccc(C3CC3)cc2)cnc1C1=NNC(CC(F)(F)C(F)(F)F)N1C. The molecule has 1 aliphatic carbocycles. The predicted octanol–water partition coefficient (Wildman–Crippen LogP) is 5.85. The summed E-state index contributed by atoms with van der Waals surface area (Å²) in [5, 5.41) is 4.03. The third-order valence-electron chi connectivity index (χ3n) is 5.64. The van der Waals surface area contributed by atoms with Crippen LogP contribution < -0.4 is 5.43 Å². The normalized spacial score (nSPS) is 19.2. The lowest BCUT2D eigenvalue weighted by Gasteiger charge is -2.27. The van der Waals surface area contributed by atoms with Crippen LogP contribution in [-0.4, -0.2) is 46.8 Å². The Morgan fingerprint density at radius 3 is 2.38 bits per heavy atom. The molecule has 1 unspecified atom stereocenters. The Morgan fingerprint density at radius 1 is 1.09 bits per heavy atom. The molecular weight excluding hydrogens is 447 g/mol. The van der Waals surface area contributed by atoms with Crippen LogP contribution in [0.2, 0.25) is 0 Å². The first kappa shape index (κ1) is 22.8. The van der Waals surface area contributed by atoms with Crippen molar-refractivity contribution in [1.82, 2.24) is 15.3 Å². The Kier molecular flexibility index (Phi) is 6.08. The number of nitrogens with zero attached hydrogens (tertiary/aromatic N) is 3. The molecule has 0 saturated heterocycles. The van der Waals surface area contributed by atoms with E-state index in [0.717, 1.165) is 21.8 Å². The first-order valence-electron chi connectivity index (χ1n) is 10.3. The number of rotatable bonds is 7. The van der Waals surface area contributed by atoms with Gasteiger partial charge in [-0.05, 0) is 41.7 Å². The van der Waals surface area contributed by atoms with Crippen molar-refractivity contribution in [2.24, 2.45) is 5.10 Å². The van der Waals surface area contributed by atoms with E-state index in [-0.39, 0.29) is 5.84 Å². The molecule has 32 heavy (non-hydrogen) atoms. The summed E-state index contributed by atoms with van der Waals surface area (Å²) in [6, 6.07) is 10.3. The van der Waals surface area contributed by atoms with Crippen LogP contribution in [0.15, 0.2) is 46.5 Å². The molecule has 1 aliphatic heterocycles. The lowest BCUT2D eigenvalue weighted by Crippen LogP contribution is -2.47. The number of nitrogens with one attached hydrogen (secondary N) is 1. The van der Waals surface area contributed by atoms with E-state index in [1.807, 2.05) is 13.0 Å². The van der Waals surface area contributed by atoms with Gasteiger partial charge < -0.3 is 4.90 Å². The average molecular weight is 471 g/mol. The van der Waals surface area contributed by atoms with E-state index < -0.39 is 24.7 Å². The second kappa shape index (κ2) is 8.53. The number of halogens is 5. The molecule has 2 aliphatic rings. The van der Waals surface area contributed by atoms with Crippen molar-refractivity contribution in [2.45, 2.75) is 55.3 Å². The van der Waals surface area contributed by atoms with E-state index in [2.05, 4.69) is 39.8 Å². The van der Waals surface area contributed by atoms with Crippen molar-refractivity contribution in [3.05, 3.63) is 47.8 Å².